The molecule has 1 N–H and O–H groups in total. The van der Waals surface area contributed by atoms with Crippen LogP contribution in [-0.2, 0) is 17.9 Å². The van der Waals surface area contributed by atoms with Gasteiger partial charge in [0.05, 0.1) is 13.2 Å². The Morgan fingerprint density at radius 2 is 1.92 bits per heavy atom. The Kier molecular flexibility index (Phi) is 6.71. The first-order valence-corrected chi connectivity index (χ1v) is 9.08. The zero-order valence-corrected chi connectivity index (χ0v) is 14.9. The van der Waals surface area contributed by atoms with Gasteiger partial charge >= 0.3 is 0 Å². The zero-order chi connectivity index (χ0) is 17.3. The molecule has 1 fully saturated rings. The molecule has 0 aliphatic carbocycles. The van der Waals surface area contributed by atoms with Gasteiger partial charge in [0.1, 0.15) is 6.61 Å². The summed E-state index contributed by atoms with van der Waals surface area (Å²) < 4.78 is 17.3. The maximum atomic E-state index is 5.96. The van der Waals surface area contributed by atoms with E-state index in [1.165, 1.54) is 12.0 Å². The first kappa shape index (κ1) is 17.8. The first-order valence-electron chi connectivity index (χ1n) is 9.08. The van der Waals surface area contributed by atoms with Crippen LogP contribution in [0, 0.1) is 0 Å². The van der Waals surface area contributed by atoms with Crippen molar-refractivity contribution in [2.45, 2.75) is 39.0 Å². The molecule has 3 rings (SSSR count). The molecular weight excluding hydrogens is 314 g/mol. The molecule has 1 unspecified atom stereocenters. The van der Waals surface area contributed by atoms with Crippen LogP contribution in [0.4, 0.5) is 0 Å². The summed E-state index contributed by atoms with van der Waals surface area (Å²) in [5.41, 5.74) is 2.34. The van der Waals surface area contributed by atoms with Crippen LogP contribution in [0.2, 0.25) is 0 Å². The van der Waals surface area contributed by atoms with Crippen molar-refractivity contribution in [1.29, 1.82) is 0 Å². The molecule has 0 saturated carbocycles. The molecule has 2 aromatic carbocycles. The summed E-state index contributed by atoms with van der Waals surface area (Å²) in [4.78, 5) is 0. The standard InChI is InChI=1S/C21H27NO3/c1-2-24-21-13-18(14-22-19-9-6-12-23-16-19)10-11-20(21)25-15-17-7-4-3-5-8-17/h3-5,7-8,10-11,13,19,22H,2,6,9,12,14-16H2,1H3. The fourth-order valence-electron chi connectivity index (χ4n) is 2.95. The van der Waals surface area contributed by atoms with Crippen molar-refractivity contribution in [3.8, 4) is 11.5 Å². The smallest absolute Gasteiger partial charge is 0.161 e. The largest absolute Gasteiger partial charge is 0.490 e. The fourth-order valence-corrected chi connectivity index (χ4v) is 2.95. The Morgan fingerprint density at radius 1 is 1.04 bits per heavy atom. The molecule has 0 aromatic heterocycles. The van der Waals surface area contributed by atoms with Gasteiger partial charge in [-0.25, -0.2) is 0 Å². The highest BCUT2D eigenvalue weighted by Crippen LogP contribution is 2.29. The van der Waals surface area contributed by atoms with Gasteiger partial charge in [-0.05, 0) is 43.0 Å². The maximum absolute atomic E-state index is 5.96. The van der Waals surface area contributed by atoms with E-state index >= 15 is 0 Å². The number of hydrogen-bond acceptors (Lipinski definition) is 4. The molecular formula is C21H27NO3. The van der Waals surface area contributed by atoms with Gasteiger partial charge in [-0.15, -0.1) is 0 Å². The second-order valence-electron chi connectivity index (χ2n) is 6.28. The van der Waals surface area contributed by atoms with E-state index in [-0.39, 0.29) is 0 Å². The van der Waals surface area contributed by atoms with E-state index < -0.39 is 0 Å². The summed E-state index contributed by atoms with van der Waals surface area (Å²) in [7, 11) is 0. The van der Waals surface area contributed by atoms with Gasteiger partial charge in [0.2, 0.25) is 0 Å². The summed E-state index contributed by atoms with van der Waals surface area (Å²) in [6, 6.07) is 16.8. The zero-order valence-electron chi connectivity index (χ0n) is 14.9. The molecule has 1 saturated heterocycles. The third-order valence-electron chi connectivity index (χ3n) is 4.30. The van der Waals surface area contributed by atoms with E-state index in [4.69, 9.17) is 14.2 Å². The van der Waals surface area contributed by atoms with Crippen molar-refractivity contribution < 1.29 is 14.2 Å². The SMILES string of the molecule is CCOc1cc(CNC2CCCOC2)ccc1OCc1ccccc1. The van der Waals surface area contributed by atoms with Gasteiger partial charge in [0.15, 0.2) is 11.5 Å². The second-order valence-corrected chi connectivity index (χ2v) is 6.28. The Bertz CT molecular complexity index is 639. The Labute approximate surface area is 150 Å². The lowest BCUT2D eigenvalue weighted by atomic mass is 10.1. The molecule has 0 bridgehead atoms. The third-order valence-corrected chi connectivity index (χ3v) is 4.30. The van der Waals surface area contributed by atoms with E-state index in [0.29, 0.717) is 19.3 Å². The Morgan fingerprint density at radius 3 is 2.68 bits per heavy atom. The van der Waals surface area contributed by atoms with Crippen LogP contribution in [0.5, 0.6) is 11.5 Å². The molecule has 2 aromatic rings. The lowest BCUT2D eigenvalue weighted by Gasteiger charge is -2.23. The second kappa shape index (κ2) is 9.44. The van der Waals surface area contributed by atoms with E-state index in [1.54, 1.807) is 0 Å². The number of hydrogen-bond donors (Lipinski definition) is 1. The maximum Gasteiger partial charge on any atom is 0.161 e. The van der Waals surface area contributed by atoms with Gasteiger partial charge < -0.3 is 19.5 Å². The van der Waals surface area contributed by atoms with Crippen LogP contribution in [0.3, 0.4) is 0 Å². The molecule has 1 heterocycles. The molecule has 0 amide bonds. The van der Waals surface area contributed by atoms with Gasteiger partial charge in [-0.2, -0.15) is 0 Å². The Hall–Kier alpha value is -2.04. The summed E-state index contributed by atoms with van der Waals surface area (Å²) in [6.07, 6.45) is 2.31. The normalized spacial score (nSPS) is 17.2. The number of benzene rings is 2. The molecule has 0 radical (unpaired) electrons. The van der Waals surface area contributed by atoms with Crippen molar-refractivity contribution in [1.82, 2.24) is 5.32 Å². The minimum absolute atomic E-state index is 0.443. The monoisotopic (exact) mass is 341 g/mol. The van der Waals surface area contributed by atoms with Crippen LogP contribution in [-0.4, -0.2) is 25.9 Å². The molecule has 1 atom stereocenters. The topological polar surface area (TPSA) is 39.7 Å². The summed E-state index contributed by atoms with van der Waals surface area (Å²) in [5.74, 6) is 1.59. The van der Waals surface area contributed by atoms with Crippen molar-refractivity contribution in [3.05, 3.63) is 59.7 Å². The van der Waals surface area contributed by atoms with Crippen molar-refractivity contribution in [2.24, 2.45) is 0 Å². The van der Waals surface area contributed by atoms with Crippen LogP contribution < -0.4 is 14.8 Å². The third kappa shape index (κ3) is 5.48. The number of ether oxygens (including phenoxy) is 3. The average Bonchev–Trinajstić information content (AvgIpc) is 2.67. The van der Waals surface area contributed by atoms with Crippen molar-refractivity contribution in [3.63, 3.8) is 0 Å². The molecule has 134 valence electrons. The highest BCUT2D eigenvalue weighted by molar-refractivity contribution is 5.43. The van der Waals surface area contributed by atoms with Crippen LogP contribution in [0.25, 0.3) is 0 Å². The van der Waals surface area contributed by atoms with Gasteiger partial charge in [-0.1, -0.05) is 36.4 Å². The average molecular weight is 341 g/mol. The van der Waals surface area contributed by atoms with E-state index in [1.807, 2.05) is 31.2 Å². The molecule has 25 heavy (non-hydrogen) atoms. The summed E-state index contributed by atoms with van der Waals surface area (Å²) in [6.45, 7) is 5.65. The lowest BCUT2D eigenvalue weighted by Crippen LogP contribution is -2.36. The molecule has 4 nitrogen and oxygen atoms in total. The van der Waals surface area contributed by atoms with E-state index in [2.05, 4.69) is 29.6 Å². The van der Waals surface area contributed by atoms with Crippen LogP contribution in [0.15, 0.2) is 48.5 Å². The summed E-state index contributed by atoms with van der Waals surface area (Å²) >= 11 is 0. The van der Waals surface area contributed by atoms with Crippen molar-refractivity contribution >= 4 is 0 Å². The fraction of sp³-hybridized carbons (Fsp3) is 0.429. The summed E-state index contributed by atoms with van der Waals surface area (Å²) in [5, 5.41) is 3.56. The number of rotatable bonds is 8. The predicted molar refractivity (Wildman–Crippen MR) is 99.1 cm³/mol. The lowest BCUT2D eigenvalue weighted by molar-refractivity contribution is 0.0699. The molecule has 4 heteroatoms. The highest BCUT2D eigenvalue weighted by atomic mass is 16.5. The van der Waals surface area contributed by atoms with Gasteiger partial charge in [0, 0.05) is 19.2 Å². The van der Waals surface area contributed by atoms with E-state index in [9.17, 15) is 0 Å². The minimum atomic E-state index is 0.443. The van der Waals surface area contributed by atoms with Gasteiger partial charge in [-0.3, -0.25) is 0 Å². The van der Waals surface area contributed by atoms with E-state index in [0.717, 1.165) is 43.2 Å². The molecule has 0 spiro atoms. The number of nitrogens with one attached hydrogen (secondary N) is 1. The van der Waals surface area contributed by atoms with Crippen molar-refractivity contribution in [2.75, 3.05) is 19.8 Å². The predicted octanol–water partition coefficient (Wildman–Crippen LogP) is 3.93. The molecule has 1 aliphatic heterocycles. The molecule has 1 aliphatic rings. The first-order chi connectivity index (χ1) is 12.3. The van der Waals surface area contributed by atoms with Crippen LogP contribution in [0.1, 0.15) is 30.9 Å². The van der Waals surface area contributed by atoms with Gasteiger partial charge in [0.25, 0.3) is 0 Å². The minimum Gasteiger partial charge on any atom is -0.490 e. The quantitative estimate of drug-likeness (QED) is 0.790. The Balaban J connectivity index is 1.60. The van der Waals surface area contributed by atoms with Crippen LogP contribution >= 0.6 is 0 Å². The highest BCUT2D eigenvalue weighted by Gasteiger charge is 2.13.